The number of pyridine rings is 1. The van der Waals surface area contributed by atoms with E-state index in [-0.39, 0.29) is 12.4 Å². The van der Waals surface area contributed by atoms with Gasteiger partial charge in [0.1, 0.15) is 35.3 Å². The van der Waals surface area contributed by atoms with E-state index in [9.17, 15) is 9.65 Å². The van der Waals surface area contributed by atoms with Crippen LogP contribution in [0.25, 0.3) is 22.4 Å². The van der Waals surface area contributed by atoms with E-state index >= 15 is 0 Å². The first-order chi connectivity index (χ1) is 15.7. The Morgan fingerprint density at radius 1 is 1.12 bits per heavy atom. The monoisotopic (exact) mass is 426 g/mol. The van der Waals surface area contributed by atoms with E-state index < -0.39 is 0 Å². The zero-order valence-corrected chi connectivity index (χ0v) is 16.7. The van der Waals surface area contributed by atoms with Gasteiger partial charge in [-0.25, -0.2) is 14.4 Å². The normalized spacial score (nSPS) is 12.6. The molecule has 0 atom stereocenters. The zero-order chi connectivity index (χ0) is 21.7. The fourth-order valence-electron chi connectivity index (χ4n) is 4.13. The highest BCUT2D eigenvalue weighted by molar-refractivity contribution is 5.86. The summed E-state index contributed by atoms with van der Waals surface area (Å²) in [6, 6.07) is 8.79. The lowest BCUT2D eigenvalue weighted by Gasteiger charge is -2.13. The topological polar surface area (TPSA) is 105 Å². The number of hydrogen-bond acceptors (Lipinski definition) is 7. The molecule has 0 saturated heterocycles. The molecule has 0 fully saturated rings. The minimum atomic E-state index is -0.280. The fourth-order valence-corrected chi connectivity index (χ4v) is 4.13. The maximum Gasteiger partial charge on any atom is 0.210 e. The average Bonchev–Trinajstić information content (AvgIpc) is 3.58. The molecule has 6 rings (SSSR count). The molecule has 1 aliphatic heterocycles. The Hall–Kier alpha value is -4.52. The van der Waals surface area contributed by atoms with Gasteiger partial charge in [-0.05, 0) is 24.3 Å². The van der Waals surface area contributed by atoms with Crippen LogP contribution in [0.1, 0.15) is 16.8 Å². The summed E-state index contributed by atoms with van der Waals surface area (Å²) in [5.74, 6) is 0.931. The van der Waals surface area contributed by atoms with Crippen molar-refractivity contribution < 1.29 is 9.13 Å². The summed E-state index contributed by atoms with van der Waals surface area (Å²) in [5.41, 5.74) is 4.61. The molecule has 0 saturated carbocycles. The van der Waals surface area contributed by atoms with Gasteiger partial charge in [-0.1, -0.05) is 0 Å². The van der Waals surface area contributed by atoms with Crippen LogP contribution in [-0.2, 0) is 13.0 Å². The van der Waals surface area contributed by atoms with Gasteiger partial charge in [0.2, 0.25) is 5.95 Å². The van der Waals surface area contributed by atoms with Gasteiger partial charge in [0.15, 0.2) is 5.65 Å². The van der Waals surface area contributed by atoms with Crippen LogP contribution >= 0.6 is 0 Å². The number of hydrogen-bond donors (Lipinski definition) is 1. The van der Waals surface area contributed by atoms with Crippen molar-refractivity contribution in [3.05, 3.63) is 71.8 Å². The quantitative estimate of drug-likeness (QED) is 0.471. The molecule has 0 bridgehead atoms. The Labute approximate surface area is 180 Å². The van der Waals surface area contributed by atoms with Crippen LogP contribution in [0.4, 0.5) is 10.3 Å². The van der Waals surface area contributed by atoms with E-state index in [1.165, 1.54) is 6.07 Å². The Kier molecular flexibility index (Phi) is 4.01. The molecule has 0 unspecified atom stereocenters. The first kappa shape index (κ1) is 18.3. The molecule has 9 nitrogen and oxygen atoms in total. The molecule has 0 aliphatic carbocycles. The van der Waals surface area contributed by atoms with Gasteiger partial charge >= 0.3 is 0 Å². The number of nitrogens with zero attached hydrogens (tertiary/aromatic N) is 7. The van der Waals surface area contributed by atoms with E-state index in [4.69, 9.17) is 4.74 Å². The molecule has 4 aromatic heterocycles. The number of aromatic nitrogens is 6. The molecule has 1 N–H and O–H groups in total. The first-order valence-electron chi connectivity index (χ1n) is 9.97. The van der Waals surface area contributed by atoms with Crippen molar-refractivity contribution in [3.63, 3.8) is 0 Å². The SMILES string of the molecule is N#Cc1ccc(-c2cnc(NCc3c(F)ccc4c3CCO4)n3cnnc23)c2nccn12. The van der Waals surface area contributed by atoms with Crippen LogP contribution in [0.2, 0.25) is 0 Å². The fraction of sp³-hybridized carbons (Fsp3) is 0.136. The molecule has 0 spiro atoms. The van der Waals surface area contributed by atoms with Crippen molar-refractivity contribution in [1.82, 2.24) is 29.0 Å². The van der Waals surface area contributed by atoms with Crippen LogP contribution in [-0.4, -0.2) is 35.6 Å². The zero-order valence-electron chi connectivity index (χ0n) is 16.7. The predicted octanol–water partition coefficient (Wildman–Crippen LogP) is 3.00. The molecule has 0 amide bonds. The highest BCUT2D eigenvalue weighted by Gasteiger charge is 2.20. The second-order valence-electron chi connectivity index (χ2n) is 7.34. The van der Waals surface area contributed by atoms with E-state index in [1.807, 2.05) is 6.07 Å². The number of anilines is 1. The van der Waals surface area contributed by atoms with Crippen molar-refractivity contribution in [2.24, 2.45) is 0 Å². The Balaban J connectivity index is 1.40. The third kappa shape index (κ3) is 2.68. The Morgan fingerprint density at radius 2 is 2.06 bits per heavy atom. The number of benzene rings is 1. The molecule has 5 aromatic rings. The summed E-state index contributed by atoms with van der Waals surface area (Å²) in [7, 11) is 0. The second-order valence-corrected chi connectivity index (χ2v) is 7.34. The van der Waals surface area contributed by atoms with Crippen molar-refractivity contribution >= 4 is 17.2 Å². The lowest BCUT2D eigenvalue weighted by Crippen LogP contribution is -2.10. The van der Waals surface area contributed by atoms with Gasteiger partial charge in [0, 0.05) is 53.8 Å². The Morgan fingerprint density at radius 3 is 2.97 bits per heavy atom. The molecule has 1 aromatic carbocycles. The van der Waals surface area contributed by atoms with Crippen LogP contribution < -0.4 is 10.1 Å². The summed E-state index contributed by atoms with van der Waals surface area (Å²) in [4.78, 5) is 8.94. The third-order valence-electron chi connectivity index (χ3n) is 5.65. The van der Waals surface area contributed by atoms with E-state index in [1.54, 1.807) is 45.9 Å². The highest BCUT2D eigenvalue weighted by Crippen LogP contribution is 2.31. The number of nitrogens with one attached hydrogen (secondary N) is 1. The maximum atomic E-state index is 14.5. The third-order valence-corrected chi connectivity index (χ3v) is 5.65. The number of imidazole rings is 1. The number of halogens is 1. The van der Waals surface area contributed by atoms with Crippen molar-refractivity contribution in [3.8, 4) is 22.9 Å². The predicted molar refractivity (Wildman–Crippen MR) is 113 cm³/mol. The van der Waals surface area contributed by atoms with Crippen molar-refractivity contribution in [2.75, 3.05) is 11.9 Å². The van der Waals surface area contributed by atoms with Gasteiger partial charge in [-0.2, -0.15) is 5.26 Å². The molecule has 32 heavy (non-hydrogen) atoms. The van der Waals surface area contributed by atoms with Crippen molar-refractivity contribution in [1.29, 1.82) is 5.26 Å². The van der Waals surface area contributed by atoms with Gasteiger partial charge < -0.3 is 10.1 Å². The summed E-state index contributed by atoms with van der Waals surface area (Å²) >= 11 is 0. The average molecular weight is 426 g/mol. The summed E-state index contributed by atoms with van der Waals surface area (Å²) in [6.07, 6.45) is 7.28. The minimum absolute atomic E-state index is 0.249. The second kappa shape index (κ2) is 7.02. The number of fused-ring (bicyclic) bond motifs is 3. The minimum Gasteiger partial charge on any atom is -0.493 e. The van der Waals surface area contributed by atoms with Gasteiger partial charge in [-0.3, -0.25) is 8.80 Å². The first-order valence-corrected chi connectivity index (χ1v) is 9.97. The number of ether oxygens (including phenoxy) is 1. The number of nitriles is 1. The van der Waals surface area contributed by atoms with Crippen LogP contribution in [0.5, 0.6) is 5.75 Å². The van der Waals surface area contributed by atoms with Crippen molar-refractivity contribution in [2.45, 2.75) is 13.0 Å². The van der Waals surface area contributed by atoms with Gasteiger partial charge in [-0.15, -0.1) is 10.2 Å². The van der Waals surface area contributed by atoms with E-state index in [0.29, 0.717) is 47.1 Å². The van der Waals surface area contributed by atoms with Gasteiger partial charge in [0.25, 0.3) is 0 Å². The molecular weight excluding hydrogens is 411 g/mol. The molecule has 5 heterocycles. The molecule has 156 valence electrons. The lowest BCUT2D eigenvalue weighted by atomic mass is 10.0. The standard InChI is InChI=1S/C22H15FN8O/c23-18-3-4-19-14(5-8-32-19)16(18)10-26-22-27-11-17(21-29-28-12-31(21)22)15-2-1-13(9-24)30-7-6-25-20(15)30/h1-4,6-7,11-12H,5,8,10H2,(H,26,27). The van der Waals surface area contributed by atoms with Crippen LogP contribution in [0.15, 0.2) is 49.2 Å². The summed E-state index contributed by atoms with van der Waals surface area (Å²) in [5, 5.41) is 20.8. The maximum absolute atomic E-state index is 14.5. The largest absolute Gasteiger partial charge is 0.493 e. The molecule has 0 radical (unpaired) electrons. The smallest absolute Gasteiger partial charge is 0.210 e. The lowest BCUT2D eigenvalue weighted by molar-refractivity contribution is 0.356. The molecule has 10 heteroatoms. The summed E-state index contributed by atoms with van der Waals surface area (Å²) < 4.78 is 23.5. The number of rotatable bonds is 4. The van der Waals surface area contributed by atoms with Gasteiger partial charge in [0.05, 0.1) is 6.61 Å². The molecular formula is C22H15FN8O. The summed E-state index contributed by atoms with van der Waals surface area (Å²) in [6.45, 7) is 0.806. The van der Waals surface area contributed by atoms with Crippen LogP contribution in [0, 0.1) is 17.1 Å². The highest BCUT2D eigenvalue weighted by atomic mass is 19.1. The van der Waals surface area contributed by atoms with Crippen LogP contribution in [0.3, 0.4) is 0 Å². The molecule has 1 aliphatic rings. The Bertz CT molecular complexity index is 1550. The van der Waals surface area contributed by atoms with E-state index in [2.05, 4.69) is 31.6 Å². The van der Waals surface area contributed by atoms with E-state index in [0.717, 1.165) is 16.9 Å².